The summed E-state index contributed by atoms with van der Waals surface area (Å²) in [5, 5.41) is 14.6. The molecule has 0 saturated heterocycles. The van der Waals surface area contributed by atoms with Gasteiger partial charge in [0.25, 0.3) is 0 Å². The van der Waals surface area contributed by atoms with Crippen LogP contribution < -0.4 is 10.6 Å². The average molecular weight is 188 g/mol. The first-order chi connectivity index (χ1) is 6.24. The summed E-state index contributed by atoms with van der Waals surface area (Å²) in [6, 6.07) is 0.171. The molecule has 0 bridgehead atoms. The van der Waals surface area contributed by atoms with Gasteiger partial charge in [0.1, 0.15) is 0 Å². The van der Waals surface area contributed by atoms with Gasteiger partial charge in [0, 0.05) is 19.5 Å². The SMILES string of the molecule is CCC(CO)NCCCC(=O)NC. The lowest BCUT2D eigenvalue weighted by atomic mass is 10.2. The van der Waals surface area contributed by atoms with Gasteiger partial charge in [-0.05, 0) is 19.4 Å². The van der Waals surface area contributed by atoms with Crippen LogP contribution in [0.3, 0.4) is 0 Å². The minimum absolute atomic E-state index is 0.0684. The van der Waals surface area contributed by atoms with Crippen LogP contribution in [-0.4, -0.2) is 37.3 Å². The lowest BCUT2D eigenvalue weighted by molar-refractivity contribution is -0.120. The molecule has 4 nitrogen and oxygen atoms in total. The first-order valence-electron chi connectivity index (χ1n) is 4.79. The smallest absolute Gasteiger partial charge is 0.219 e. The van der Waals surface area contributed by atoms with Crippen LogP contribution in [0.25, 0.3) is 0 Å². The van der Waals surface area contributed by atoms with E-state index in [9.17, 15) is 4.79 Å². The maximum absolute atomic E-state index is 10.8. The highest BCUT2D eigenvalue weighted by molar-refractivity contribution is 5.75. The molecule has 1 unspecified atom stereocenters. The molecule has 0 aromatic rings. The van der Waals surface area contributed by atoms with Crippen molar-refractivity contribution in [3.8, 4) is 0 Å². The van der Waals surface area contributed by atoms with Crippen molar-refractivity contribution in [3.05, 3.63) is 0 Å². The molecule has 0 aliphatic rings. The van der Waals surface area contributed by atoms with Gasteiger partial charge in [-0.15, -0.1) is 0 Å². The third-order valence-electron chi connectivity index (χ3n) is 2.01. The second kappa shape index (κ2) is 8.01. The Morgan fingerprint density at radius 3 is 2.69 bits per heavy atom. The van der Waals surface area contributed by atoms with E-state index in [0.717, 1.165) is 19.4 Å². The standard InChI is InChI=1S/C9H20N2O2/c1-3-8(7-12)11-6-4-5-9(13)10-2/h8,11-12H,3-7H2,1-2H3,(H,10,13). The maximum atomic E-state index is 10.8. The number of rotatable bonds is 7. The molecular formula is C9H20N2O2. The zero-order chi connectivity index (χ0) is 10.1. The second-order valence-corrected chi connectivity index (χ2v) is 3.02. The number of carbonyl (C=O) groups excluding carboxylic acids is 1. The molecule has 0 spiro atoms. The average Bonchev–Trinajstić information content (AvgIpc) is 2.18. The van der Waals surface area contributed by atoms with Crippen molar-refractivity contribution < 1.29 is 9.90 Å². The molecule has 0 heterocycles. The van der Waals surface area contributed by atoms with E-state index in [-0.39, 0.29) is 18.6 Å². The summed E-state index contributed by atoms with van der Waals surface area (Å²) >= 11 is 0. The van der Waals surface area contributed by atoms with Crippen molar-refractivity contribution in [1.82, 2.24) is 10.6 Å². The normalized spacial score (nSPS) is 12.5. The van der Waals surface area contributed by atoms with Gasteiger partial charge < -0.3 is 15.7 Å². The molecule has 78 valence electrons. The van der Waals surface area contributed by atoms with Crippen LogP contribution in [0.5, 0.6) is 0 Å². The fraction of sp³-hybridized carbons (Fsp3) is 0.889. The highest BCUT2D eigenvalue weighted by atomic mass is 16.3. The summed E-state index contributed by atoms with van der Waals surface area (Å²) in [7, 11) is 1.64. The fourth-order valence-corrected chi connectivity index (χ4v) is 1.02. The Morgan fingerprint density at radius 2 is 2.23 bits per heavy atom. The van der Waals surface area contributed by atoms with Crippen LogP contribution >= 0.6 is 0 Å². The minimum Gasteiger partial charge on any atom is -0.395 e. The van der Waals surface area contributed by atoms with Crippen LogP contribution in [-0.2, 0) is 4.79 Å². The van der Waals surface area contributed by atoms with Gasteiger partial charge in [0.15, 0.2) is 0 Å². The van der Waals surface area contributed by atoms with Crippen molar-refractivity contribution in [2.24, 2.45) is 0 Å². The van der Waals surface area contributed by atoms with Crippen molar-refractivity contribution in [1.29, 1.82) is 0 Å². The Bertz CT molecular complexity index is 136. The Labute approximate surface area is 79.7 Å². The summed E-state index contributed by atoms with van der Waals surface area (Å²) in [4.78, 5) is 10.8. The van der Waals surface area contributed by atoms with E-state index in [1.807, 2.05) is 6.92 Å². The van der Waals surface area contributed by atoms with Crippen molar-refractivity contribution >= 4 is 5.91 Å². The number of carbonyl (C=O) groups is 1. The molecule has 3 N–H and O–H groups in total. The number of hydrogen-bond acceptors (Lipinski definition) is 3. The molecule has 0 aromatic carbocycles. The van der Waals surface area contributed by atoms with E-state index in [2.05, 4.69) is 10.6 Å². The van der Waals surface area contributed by atoms with E-state index < -0.39 is 0 Å². The highest BCUT2D eigenvalue weighted by Crippen LogP contribution is 1.91. The van der Waals surface area contributed by atoms with Gasteiger partial charge >= 0.3 is 0 Å². The molecule has 0 fully saturated rings. The van der Waals surface area contributed by atoms with E-state index in [4.69, 9.17) is 5.11 Å². The fourth-order valence-electron chi connectivity index (χ4n) is 1.02. The Kier molecular flexibility index (Phi) is 7.63. The minimum atomic E-state index is 0.0684. The van der Waals surface area contributed by atoms with Gasteiger partial charge in [-0.1, -0.05) is 6.92 Å². The van der Waals surface area contributed by atoms with Gasteiger partial charge in [0.05, 0.1) is 6.61 Å². The Hall–Kier alpha value is -0.610. The van der Waals surface area contributed by atoms with Crippen LogP contribution in [0.4, 0.5) is 0 Å². The first-order valence-corrected chi connectivity index (χ1v) is 4.79. The molecule has 0 rings (SSSR count). The van der Waals surface area contributed by atoms with Gasteiger partial charge in [0.2, 0.25) is 5.91 Å². The van der Waals surface area contributed by atoms with E-state index >= 15 is 0 Å². The van der Waals surface area contributed by atoms with Gasteiger partial charge in [-0.25, -0.2) is 0 Å². The number of aliphatic hydroxyl groups is 1. The Balaban J connectivity index is 3.28. The van der Waals surface area contributed by atoms with Crippen LogP contribution in [0.1, 0.15) is 26.2 Å². The summed E-state index contributed by atoms with van der Waals surface area (Å²) < 4.78 is 0. The summed E-state index contributed by atoms with van der Waals surface area (Å²) in [6.45, 7) is 2.97. The lowest BCUT2D eigenvalue weighted by Crippen LogP contribution is -2.33. The molecule has 4 heteroatoms. The number of aliphatic hydroxyl groups excluding tert-OH is 1. The van der Waals surface area contributed by atoms with Crippen LogP contribution in [0.2, 0.25) is 0 Å². The van der Waals surface area contributed by atoms with Crippen LogP contribution in [0, 0.1) is 0 Å². The zero-order valence-electron chi connectivity index (χ0n) is 8.47. The van der Waals surface area contributed by atoms with Crippen LogP contribution in [0.15, 0.2) is 0 Å². The number of hydrogen-bond donors (Lipinski definition) is 3. The van der Waals surface area contributed by atoms with Gasteiger partial charge in [-0.3, -0.25) is 4.79 Å². The first kappa shape index (κ1) is 12.4. The molecule has 0 saturated carbocycles. The van der Waals surface area contributed by atoms with E-state index in [1.54, 1.807) is 7.05 Å². The molecule has 0 radical (unpaired) electrons. The lowest BCUT2D eigenvalue weighted by Gasteiger charge is -2.13. The van der Waals surface area contributed by atoms with Gasteiger partial charge in [-0.2, -0.15) is 0 Å². The predicted octanol–water partition coefficient (Wildman–Crippen LogP) is -0.127. The predicted molar refractivity (Wildman–Crippen MR) is 52.5 cm³/mol. The number of nitrogens with one attached hydrogen (secondary N) is 2. The molecular weight excluding hydrogens is 168 g/mol. The summed E-state index contributed by atoms with van der Waals surface area (Å²) in [5.41, 5.74) is 0. The number of amides is 1. The highest BCUT2D eigenvalue weighted by Gasteiger charge is 2.02. The molecule has 1 amide bonds. The topological polar surface area (TPSA) is 61.4 Å². The summed E-state index contributed by atoms with van der Waals surface area (Å²) in [5.74, 6) is 0.0684. The molecule has 0 aliphatic carbocycles. The largest absolute Gasteiger partial charge is 0.395 e. The van der Waals surface area contributed by atoms with Crippen molar-refractivity contribution in [2.45, 2.75) is 32.2 Å². The molecule has 0 aromatic heterocycles. The maximum Gasteiger partial charge on any atom is 0.219 e. The van der Waals surface area contributed by atoms with Crippen molar-refractivity contribution in [2.75, 3.05) is 20.2 Å². The monoisotopic (exact) mass is 188 g/mol. The van der Waals surface area contributed by atoms with E-state index in [0.29, 0.717) is 6.42 Å². The van der Waals surface area contributed by atoms with E-state index in [1.165, 1.54) is 0 Å². The molecule has 1 atom stereocenters. The van der Waals surface area contributed by atoms with Crippen molar-refractivity contribution in [3.63, 3.8) is 0 Å². The third-order valence-corrected chi connectivity index (χ3v) is 2.01. The summed E-state index contributed by atoms with van der Waals surface area (Å²) in [6.07, 6.45) is 2.28. The third kappa shape index (κ3) is 6.54. The molecule has 0 aliphatic heterocycles. The second-order valence-electron chi connectivity index (χ2n) is 3.02. The quantitative estimate of drug-likeness (QED) is 0.488. The zero-order valence-corrected chi connectivity index (χ0v) is 8.47. The molecule has 13 heavy (non-hydrogen) atoms. The Morgan fingerprint density at radius 1 is 1.54 bits per heavy atom.